The number of methoxy groups -OCH3 is 2. The summed E-state index contributed by atoms with van der Waals surface area (Å²) in [4.78, 5) is 8.20. The fourth-order valence-corrected chi connectivity index (χ4v) is 4.43. The smallest absolute Gasteiger partial charge is 0.221 e. The van der Waals surface area contributed by atoms with Crippen LogP contribution in [0.1, 0.15) is 37.3 Å². The second-order valence-electron chi connectivity index (χ2n) is 8.70. The van der Waals surface area contributed by atoms with Gasteiger partial charge in [0.25, 0.3) is 0 Å². The molecule has 4 rings (SSSR count). The maximum absolute atomic E-state index is 6.61. The Kier molecular flexibility index (Phi) is 8.45. The molecule has 9 heteroatoms. The van der Waals surface area contributed by atoms with Crippen LogP contribution in [0.15, 0.2) is 42.6 Å². The van der Waals surface area contributed by atoms with E-state index >= 15 is 0 Å². The standard InChI is InChI=1S/C27H34N4O5/c1-4-34-23-12-17(11-19-15-30-27(29)31-26(19)28)13-24(36-22-10-9-21(14-22)33-3)25(23)18-5-7-20(8-6-18)35-16-32-2/h5-8,12-13,15,21-22H,4,9-11,14,16H2,1-3H3,(H4,28,29,30,31). The summed E-state index contributed by atoms with van der Waals surface area (Å²) in [6.07, 6.45) is 5.16. The Bertz CT molecular complexity index is 1160. The Balaban J connectivity index is 1.74. The monoisotopic (exact) mass is 494 g/mol. The Hall–Kier alpha value is -3.56. The van der Waals surface area contributed by atoms with E-state index in [-0.39, 0.29) is 24.9 Å². The lowest BCUT2D eigenvalue weighted by Gasteiger charge is -2.21. The number of nitrogen functional groups attached to an aromatic ring is 2. The molecule has 4 N–H and O–H groups in total. The van der Waals surface area contributed by atoms with E-state index in [1.807, 2.05) is 43.3 Å². The van der Waals surface area contributed by atoms with Crippen LogP contribution in [0, 0.1) is 0 Å². The lowest BCUT2D eigenvalue weighted by molar-refractivity contribution is 0.0511. The highest BCUT2D eigenvalue weighted by atomic mass is 16.7. The van der Waals surface area contributed by atoms with E-state index in [0.717, 1.165) is 58.8 Å². The van der Waals surface area contributed by atoms with Gasteiger partial charge in [-0.25, -0.2) is 4.98 Å². The van der Waals surface area contributed by atoms with Gasteiger partial charge in [-0.2, -0.15) is 4.98 Å². The minimum Gasteiger partial charge on any atom is -0.493 e. The van der Waals surface area contributed by atoms with Crippen molar-refractivity contribution < 1.29 is 23.7 Å². The molecule has 1 aliphatic rings. The topological polar surface area (TPSA) is 124 Å². The van der Waals surface area contributed by atoms with Crippen LogP contribution in [-0.2, 0) is 15.9 Å². The fraction of sp³-hybridized carbons (Fsp3) is 0.407. The molecule has 0 spiro atoms. The van der Waals surface area contributed by atoms with Gasteiger partial charge in [-0.3, -0.25) is 0 Å². The third-order valence-corrected chi connectivity index (χ3v) is 6.19. The molecule has 1 aromatic heterocycles. The summed E-state index contributed by atoms with van der Waals surface area (Å²) in [6, 6.07) is 11.9. The van der Waals surface area contributed by atoms with Gasteiger partial charge in [0.15, 0.2) is 6.79 Å². The van der Waals surface area contributed by atoms with Crippen molar-refractivity contribution in [3.63, 3.8) is 0 Å². The average molecular weight is 495 g/mol. The van der Waals surface area contributed by atoms with Crippen LogP contribution in [0.25, 0.3) is 11.1 Å². The molecule has 1 heterocycles. The summed E-state index contributed by atoms with van der Waals surface area (Å²) >= 11 is 0. The maximum Gasteiger partial charge on any atom is 0.221 e. The second-order valence-corrected chi connectivity index (χ2v) is 8.70. The van der Waals surface area contributed by atoms with E-state index in [1.165, 1.54) is 0 Å². The zero-order valence-corrected chi connectivity index (χ0v) is 21.0. The van der Waals surface area contributed by atoms with E-state index in [9.17, 15) is 0 Å². The Morgan fingerprint density at radius 2 is 1.72 bits per heavy atom. The van der Waals surface area contributed by atoms with Crippen LogP contribution in [0.5, 0.6) is 17.2 Å². The van der Waals surface area contributed by atoms with Crippen LogP contribution in [0.4, 0.5) is 11.8 Å². The highest BCUT2D eigenvalue weighted by Crippen LogP contribution is 2.42. The number of nitrogens with two attached hydrogens (primary N) is 2. The zero-order chi connectivity index (χ0) is 25.5. The quantitative estimate of drug-likeness (QED) is 0.377. The molecule has 3 aromatic rings. The molecule has 0 bridgehead atoms. The first-order valence-electron chi connectivity index (χ1n) is 12.1. The molecule has 0 saturated heterocycles. The van der Waals surface area contributed by atoms with Crippen LogP contribution in [-0.4, -0.2) is 49.8 Å². The molecule has 9 nitrogen and oxygen atoms in total. The van der Waals surface area contributed by atoms with Crippen molar-refractivity contribution in [3.05, 3.63) is 53.7 Å². The summed E-state index contributed by atoms with van der Waals surface area (Å²) < 4.78 is 28.9. The molecule has 1 saturated carbocycles. The van der Waals surface area contributed by atoms with Gasteiger partial charge in [0.1, 0.15) is 29.2 Å². The number of benzene rings is 2. The summed E-state index contributed by atoms with van der Waals surface area (Å²) in [5.74, 6) is 2.70. The number of anilines is 2. The van der Waals surface area contributed by atoms with E-state index in [0.29, 0.717) is 18.8 Å². The summed E-state index contributed by atoms with van der Waals surface area (Å²) in [6.45, 7) is 2.66. The lowest BCUT2D eigenvalue weighted by atomic mass is 9.98. The van der Waals surface area contributed by atoms with E-state index in [2.05, 4.69) is 9.97 Å². The molecular formula is C27H34N4O5. The van der Waals surface area contributed by atoms with Crippen molar-refractivity contribution in [1.29, 1.82) is 0 Å². The molecule has 0 amide bonds. The van der Waals surface area contributed by atoms with Crippen LogP contribution < -0.4 is 25.7 Å². The first kappa shape index (κ1) is 25.5. The predicted octanol–water partition coefficient (Wildman–Crippen LogP) is 4.23. The van der Waals surface area contributed by atoms with Gasteiger partial charge in [0.05, 0.1) is 18.3 Å². The van der Waals surface area contributed by atoms with Crippen LogP contribution in [0.3, 0.4) is 0 Å². The number of hydrogen-bond donors (Lipinski definition) is 2. The molecule has 1 fully saturated rings. The fourth-order valence-electron chi connectivity index (χ4n) is 4.43. The Morgan fingerprint density at radius 3 is 2.39 bits per heavy atom. The summed E-state index contributed by atoms with van der Waals surface area (Å²) in [5, 5.41) is 0. The number of rotatable bonds is 11. The molecular weight excluding hydrogens is 460 g/mol. The zero-order valence-electron chi connectivity index (χ0n) is 21.0. The van der Waals surface area contributed by atoms with Gasteiger partial charge in [0, 0.05) is 38.8 Å². The van der Waals surface area contributed by atoms with Gasteiger partial charge >= 0.3 is 0 Å². The Labute approximate surface area is 211 Å². The van der Waals surface area contributed by atoms with Gasteiger partial charge in [-0.15, -0.1) is 0 Å². The lowest BCUT2D eigenvalue weighted by Crippen LogP contribution is -2.15. The first-order chi connectivity index (χ1) is 17.5. The summed E-state index contributed by atoms with van der Waals surface area (Å²) in [7, 11) is 3.34. The average Bonchev–Trinajstić information content (AvgIpc) is 3.33. The van der Waals surface area contributed by atoms with Crippen molar-refractivity contribution in [2.45, 2.75) is 44.8 Å². The number of hydrogen-bond acceptors (Lipinski definition) is 9. The van der Waals surface area contributed by atoms with E-state index in [1.54, 1.807) is 20.4 Å². The third-order valence-electron chi connectivity index (χ3n) is 6.19. The first-order valence-corrected chi connectivity index (χ1v) is 12.1. The SMILES string of the molecule is CCOc1cc(Cc2cnc(N)nc2N)cc(OC2CCC(OC)C2)c1-c1ccc(OCOC)cc1. The van der Waals surface area contributed by atoms with Crippen molar-refractivity contribution in [2.24, 2.45) is 0 Å². The number of ether oxygens (including phenoxy) is 5. The van der Waals surface area contributed by atoms with E-state index in [4.69, 9.17) is 35.2 Å². The molecule has 192 valence electrons. The molecule has 0 aliphatic heterocycles. The maximum atomic E-state index is 6.61. The van der Waals surface area contributed by atoms with E-state index < -0.39 is 0 Å². The van der Waals surface area contributed by atoms with Crippen molar-refractivity contribution in [3.8, 4) is 28.4 Å². The minimum atomic E-state index is 0.0488. The summed E-state index contributed by atoms with van der Waals surface area (Å²) in [5.41, 5.74) is 15.4. The second kappa shape index (κ2) is 11.9. The highest BCUT2D eigenvalue weighted by molar-refractivity contribution is 5.78. The normalized spacial score (nSPS) is 17.2. The van der Waals surface area contributed by atoms with Crippen molar-refractivity contribution in [1.82, 2.24) is 9.97 Å². The Morgan fingerprint density at radius 1 is 0.972 bits per heavy atom. The van der Waals surface area contributed by atoms with Crippen molar-refractivity contribution >= 4 is 11.8 Å². The largest absolute Gasteiger partial charge is 0.493 e. The predicted molar refractivity (Wildman–Crippen MR) is 138 cm³/mol. The van der Waals surface area contributed by atoms with Crippen molar-refractivity contribution in [2.75, 3.05) is 39.1 Å². The van der Waals surface area contributed by atoms with Gasteiger partial charge in [-0.05, 0) is 55.2 Å². The highest BCUT2D eigenvalue weighted by Gasteiger charge is 2.28. The van der Waals surface area contributed by atoms with Gasteiger partial charge in [0.2, 0.25) is 5.95 Å². The number of aromatic nitrogens is 2. The third kappa shape index (κ3) is 6.16. The molecule has 2 aromatic carbocycles. The van der Waals surface area contributed by atoms with Crippen LogP contribution in [0.2, 0.25) is 0 Å². The van der Waals surface area contributed by atoms with Crippen LogP contribution >= 0.6 is 0 Å². The molecule has 2 unspecified atom stereocenters. The molecule has 1 aliphatic carbocycles. The molecule has 2 atom stereocenters. The van der Waals surface area contributed by atoms with Gasteiger partial charge < -0.3 is 35.2 Å². The molecule has 0 radical (unpaired) electrons. The minimum absolute atomic E-state index is 0.0488. The van der Waals surface area contributed by atoms with Gasteiger partial charge in [-0.1, -0.05) is 12.1 Å². The molecule has 36 heavy (non-hydrogen) atoms. The number of nitrogens with zero attached hydrogens (tertiary/aromatic N) is 2.